The maximum Gasteiger partial charge on any atom is 0.225 e. The van der Waals surface area contributed by atoms with Crippen molar-refractivity contribution in [3.8, 4) is 5.88 Å². The van der Waals surface area contributed by atoms with Gasteiger partial charge in [0, 0.05) is 32.1 Å². The number of unbranched alkanes of at least 4 members (excludes halogenated alkanes) is 1. The lowest BCUT2D eigenvalue weighted by molar-refractivity contribution is -0.116. The lowest BCUT2D eigenvalue weighted by Crippen LogP contribution is -2.31. The zero-order valence-corrected chi connectivity index (χ0v) is 17.3. The zero-order chi connectivity index (χ0) is 20.8. The van der Waals surface area contributed by atoms with Crippen molar-refractivity contribution >= 4 is 17.4 Å². The van der Waals surface area contributed by atoms with Gasteiger partial charge in [-0.3, -0.25) is 4.79 Å². The Bertz CT molecular complexity index is 876. The van der Waals surface area contributed by atoms with Crippen molar-refractivity contribution in [2.24, 2.45) is 0 Å². The number of para-hydroxylation sites is 1. The van der Waals surface area contributed by atoms with Gasteiger partial charge in [0.25, 0.3) is 0 Å². The molecule has 0 aliphatic carbocycles. The number of rotatable bonds is 7. The van der Waals surface area contributed by atoms with Crippen LogP contribution in [0.5, 0.6) is 5.88 Å². The molecule has 7 heteroatoms. The van der Waals surface area contributed by atoms with Gasteiger partial charge in [0.05, 0.1) is 12.3 Å². The molecule has 0 unspecified atom stereocenters. The molecule has 3 heterocycles. The first-order valence-electron chi connectivity index (χ1n) is 10.8. The van der Waals surface area contributed by atoms with Gasteiger partial charge in [-0.1, -0.05) is 12.1 Å². The van der Waals surface area contributed by atoms with Crippen LogP contribution in [0.25, 0.3) is 0 Å². The van der Waals surface area contributed by atoms with Gasteiger partial charge < -0.3 is 19.9 Å². The van der Waals surface area contributed by atoms with Gasteiger partial charge >= 0.3 is 0 Å². The van der Waals surface area contributed by atoms with E-state index in [0.29, 0.717) is 30.4 Å². The van der Waals surface area contributed by atoms with Gasteiger partial charge in [-0.25, -0.2) is 4.39 Å². The average Bonchev–Trinajstić information content (AvgIpc) is 2.99. The Hall–Kier alpha value is -2.67. The lowest BCUT2D eigenvalue weighted by atomic mass is 10.1. The number of pyridine rings is 1. The molecule has 0 spiro atoms. The van der Waals surface area contributed by atoms with Crippen molar-refractivity contribution in [2.45, 2.75) is 32.1 Å². The summed E-state index contributed by atoms with van der Waals surface area (Å²) in [6, 6.07) is 10.9. The highest BCUT2D eigenvalue weighted by Crippen LogP contribution is 2.23. The number of aryl methyl sites for hydroxylation is 1. The third kappa shape index (κ3) is 5.27. The third-order valence-electron chi connectivity index (χ3n) is 5.73. The number of amides is 1. The van der Waals surface area contributed by atoms with Gasteiger partial charge in [0.15, 0.2) is 0 Å². The van der Waals surface area contributed by atoms with E-state index in [-0.39, 0.29) is 11.7 Å². The van der Waals surface area contributed by atoms with E-state index in [4.69, 9.17) is 4.74 Å². The molecule has 1 aromatic heterocycles. The summed E-state index contributed by atoms with van der Waals surface area (Å²) >= 11 is 0. The van der Waals surface area contributed by atoms with Gasteiger partial charge in [-0.05, 0) is 62.5 Å². The fourth-order valence-corrected chi connectivity index (χ4v) is 4.06. The second-order valence-electron chi connectivity index (χ2n) is 7.89. The maximum absolute atomic E-state index is 14.0. The molecule has 2 aromatic rings. The number of benzene rings is 1. The van der Waals surface area contributed by atoms with Crippen molar-refractivity contribution in [1.82, 2.24) is 9.88 Å². The van der Waals surface area contributed by atoms with Crippen LogP contribution >= 0.6 is 0 Å². The highest BCUT2D eigenvalue weighted by Gasteiger charge is 2.18. The summed E-state index contributed by atoms with van der Waals surface area (Å²) in [7, 11) is 0. The van der Waals surface area contributed by atoms with E-state index < -0.39 is 0 Å². The Kier molecular flexibility index (Phi) is 6.79. The molecule has 1 saturated heterocycles. The molecule has 0 saturated carbocycles. The topological polar surface area (TPSA) is 57.7 Å². The van der Waals surface area contributed by atoms with E-state index >= 15 is 0 Å². The molecule has 1 N–H and O–H groups in total. The van der Waals surface area contributed by atoms with E-state index in [9.17, 15) is 9.18 Å². The predicted octanol–water partition coefficient (Wildman–Crippen LogP) is 3.48. The monoisotopic (exact) mass is 412 g/mol. The summed E-state index contributed by atoms with van der Waals surface area (Å²) in [5, 5.41) is 2.81. The lowest BCUT2D eigenvalue weighted by Gasteiger charge is -2.24. The van der Waals surface area contributed by atoms with Crippen molar-refractivity contribution in [2.75, 3.05) is 49.5 Å². The Morgan fingerprint density at radius 3 is 2.83 bits per heavy atom. The van der Waals surface area contributed by atoms with E-state index in [0.717, 1.165) is 64.0 Å². The zero-order valence-electron chi connectivity index (χ0n) is 17.3. The minimum absolute atomic E-state index is 0.0122. The molecule has 0 bridgehead atoms. The summed E-state index contributed by atoms with van der Waals surface area (Å²) in [6.07, 6.45) is 4.28. The van der Waals surface area contributed by atoms with Gasteiger partial charge in [0.1, 0.15) is 11.6 Å². The van der Waals surface area contributed by atoms with Crippen LogP contribution < -0.4 is 15.0 Å². The number of fused-ring (bicyclic) bond motifs is 1. The average molecular weight is 413 g/mol. The molecule has 30 heavy (non-hydrogen) atoms. The SMILES string of the molecule is O=C1CCc2ccc(OCCCCN3CCCN(c4ccccc4F)CC3)nc2N1. The van der Waals surface area contributed by atoms with Gasteiger partial charge in [-0.2, -0.15) is 4.98 Å². The molecule has 1 fully saturated rings. The first kappa shape index (κ1) is 20.6. The largest absolute Gasteiger partial charge is 0.478 e. The number of aromatic nitrogens is 1. The van der Waals surface area contributed by atoms with Crippen LogP contribution in [0.4, 0.5) is 15.9 Å². The number of nitrogens with zero attached hydrogens (tertiary/aromatic N) is 3. The number of carbonyl (C=O) groups excluding carboxylic acids is 1. The Morgan fingerprint density at radius 1 is 1.03 bits per heavy atom. The van der Waals surface area contributed by atoms with Crippen molar-refractivity contribution in [3.63, 3.8) is 0 Å². The Morgan fingerprint density at radius 2 is 1.93 bits per heavy atom. The molecule has 1 amide bonds. The fraction of sp³-hybridized carbons (Fsp3) is 0.478. The minimum atomic E-state index is -0.140. The minimum Gasteiger partial charge on any atom is -0.478 e. The second kappa shape index (κ2) is 9.89. The standard InChI is InChI=1S/C23H29FN4O2/c24-19-6-1-2-7-20(19)28-14-5-13-27(15-16-28)12-3-4-17-30-22-11-9-18-8-10-21(29)25-23(18)26-22/h1-2,6-7,9,11H,3-5,8,10,12-17H2,(H,25,26,29). The fourth-order valence-electron chi connectivity index (χ4n) is 4.06. The van der Waals surface area contributed by atoms with Crippen LogP contribution in [0.3, 0.4) is 0 Å². The molecule has 6 nitrogen and oxygen atoms in total. The van der Waals surface area contributed by atoms with Crippen molar-refractivity contribution in [1.29, 1.82) is 0 Å². The summed E-state index contributed by atoms with van der Waals surface area (Å²) in [5.74, 6) is 1.07. The summed E-state index contributed by atoms with van der Waals surface area (Å²) in [6.45, 7) is 5.35. The van der Waals surface area contributed by atoms with Crippen LogP contribution in [-0.4, -0.2) is 55.1 Å². The quantitative estimate of drug-likeness (QED) is 0.706. The summed E-state index contributed by atoms with van der Waals surface area (Å²) in [4.78, 5) is 20.5. The number of anilines is 2. The summed E-state index contributed by atoms with van der Waals surface area (Å²) in [5.41, 5.74) is 1.77. The van der Waals surface area contributed by atoms with Gasteiger partial charge in [-0.15, -0.1) is 0 Å². The van der Waals surface area contributed by atoms with Crippen LogP contribution in [-0.2, 0) is 11.2 Å². The number of ether oxygens (including phenoxy) is 1. The van der Waals surface area contributed by atoms with E-state index in [1.807, 2.05) is 24.3 Å². The molecule has 0 radical (unpaired) electrons. The van der Waals surface area contributed by atoms with Crippen LogP contribution in [0.2, 0.25) is 0 Å². The molecule has 2 aliphatic heterocycles. The first-order chi connectivity index (χ1) is 14.7. The smallest absolute Gasteiger partial charge is 0.225 e. The van der Waals surface area contributed by atoms with Crippen molar-refractivity contribution < 1.29 is 13.9 Å². The number of hydrogen-bond acceptors (Lipinski definition) is 5. The van der Waals surface area contributed by atoms with E-state index in [1.54, 1.807) is 6.07 Å². The van der Waals surface area contributed by atoms with E-state index in [2.05, 4.69) is 20.1 Å². The molecule has 4 rings (SSSR count). The van der Waals surface area contributed by atoms with E-state index in [1.165, 1.54) is 6.07 Å². The molecule has 0 atom stereocenters. The van der Waals surface area contributed by atoms with Crippen LogP contribution in [0, 0.1) is 5.82 Å². The Labute approximate surface area is 177 Å². The predicted molar refractivity (Wildman–Crippen MR) is 116 cm³/mol. The third-order valence-corrected chi connectivity index (χ3v) is 5.73. The second-order valence-corrected chi connectivity index (χ2v) is 7.89. The Balaban J connectivity index is 1.17. The number of carbonyl (C=O) groups is 1. The van der Waals surface area contributed by atoms with Gasteiger partial charge in [0.2, 0.25) is 11.8 Å². The van der Waals surface area contributed by atoms with Crippen LogP contribution in [0.1, 0.15) is 31.2 Å². The molecular weight excluding hydrogens is 383 g/mol. The molecule has 1 aromatic carbocycles. The highest BCUT2D eigenvalue weighted by molar-refractivity contribution is 5.92. The molecule has 160 valence electrons. The molecular formula is C23H29FN4O2. The van der Waals surface area contributed by atoms with Crippen molar-refractivity contribution in [3.05, 3.63) is 47.8 Å². The van der Waals surface area contributed by atoms with Crippen LogP contribution in [0.15, 0.2) is 36.4 Å². The first-order valence-corrected chi connectivity index (χ1v) is 10.8. The normalized spacial score (nSPS) is 17.2. The highest BCUT2D eigenvalue weighted by atomic mass is 19.1. The number of nitrogens with one attached hydrogen (secondary N) is 1. The number of hydrogen-bond donors (Lipinski definition) is 1. The summed E-state index contributed by atoms with van der Waals surface area (Å²) < 4.78 is 19.8. The number of halogens is 1. The molecule has 2 aliphatic rings. The maximum atomic E-state index is 14.0.